The van der Waals surface area contributed by atoms with Crippen molar-refractivity contribution in [3.05, 3.63) is 199 Å². The van der Waals surface area contributed by atoms with E-state index in [4.69, 9.17) is 4.42 Å². The van der Waals surface area contributed by atoms with Crippen LogP contribution in [0, 0.1) is 0 Å². The Bertz CT molecular complexity index is 3130. The van der Waals surface area contributed by atoms with E-state index < -0.39 is 0 Å². The number of furan rings is 1. The zero-order chi connectivity index (χ0) is 36.7. The molecule has 0 saturated carbocycles. The van der Waals surface area contributed by atoms with Crippen molar-refractivity contribution in [2.24, 2.45) is 0 Å². The molecule has 0 bridgehead atoms. The average Bonchev–Trinajstić information content (AvgIpc) is 3.73. The number of fused-ring (bicyclic) bond motifs is 9. The van der Waals surface area contributed by atoms with Gasteiger partial charge in [-0.1, -0.05) is 147 Å². The summed E-state index contributed by atoms with van der Waals surface area (Å²) in [5.74, 6) is 0. The summed E-state index contributed by atoms with van der Waals surface area (Å²) in [6.45, 7) is 4.70. The number of nitrogens with zero attached hydrogens (tertiary/aromatic N) is 1. The second-order valence-corrected chi connectivity index (χ2v) is 15.3. The van der Waals surface area contributed by atoms with Crippen molar-refractivity contribution in [2.75, 3.05) is 4.90 Å². The van der Waals surface area contributed by atoms with E-state index >= 15 is 0 Å². The third kappa shape index (κ3) is 4.95. The fourth-order valence-electron chi connectivity index (χ4n) is 9.05. The van der Waals surface area contributed by atoms with Gasteiger partial charge in [-0.05, 0) is 115 Å². The van der Waals surface area contributed by atoms with Gasteiger partial charge >= 0.3 is 0 Å². The first-order valence-electron chi connectivity index (χ1n) is 19.1. The van der Waals surface area contributed by atoms with E-state index in [9.17, 15) is 0 Å². The lowest BCUT2D eigenvalue weighted by Crippen LogP contribution is -2.16. The first kappa shape index (κ1) is 31.6. The van der Waals surface area contributed by atoms with Gasteiger partial charge in [0.1, 0.15) is 11.2 Å². The van der Waals surface area contributed by atoms with Gasteiger partial charge in [-0.15, -0.1) is 0 Å². The molecule has 1 aliphatic carbocycles. The van der Waals surface area contributed by atoms with Crippen LogP contribution in [0.25, 0.3) is 76.9 Å². The molecule has 0 N–H and O–H groups in total. The Labute approximate surface area is 320 Å². The molecule has 2 nitrogen and oxygen atoms in total. The zero-order valence-corrected chi connectivity index (χ0v) is 30.8. The van der Waals surface area contributed by atoms with Gasteiger partial charge < -0.3 is 9.32 Å². The Hall–Kier alpha value is -6.90. The Morgan fingerprint density at radius 2 is 1.04 bits per heavy atom. The van der Waals surface area contributed by atoms with Crippen molar-refractivity contribution in [1.82, 2.24) is 0 Å². The predicted octanol–water partition coefficient (Wildman–Crippen LogP) is 15.0. The topological polar surface area (TPSA) is 16.4 Å². The molecule has 10 aromatic rings. The molecule has 1 aliphatic rings. The largest absolute Gasteiger partial charge is 0.455 e. The monoisotopic (exact) mass is 703 g/mol. The molecule has 0 fully saturated rings. The molecule has 0 saturated heterocycles. The van der Waals surface area contributed by atoms with Crippen LogP contribution in [-0.4, -0.2) is 0 Å². The molecule has 55 heavy (non-hydrogen) atoms. The summed E-state index contributed by atoms with van der Waals surface area (Å²) in [5.41, 5.74) is 15.2. The third-order valence-corrected chi connectivity index (χ3v) is 11.8. The standard InChI is InChI=1S/C53H37NO/c1-53(2)49-20-9-7-17-43(49)44-29-28-41(32-50(44)53)54(40-15-11-14-37(31-40)38-23-22-34-12-3-4-13-36(34)30-38)39-26-24-35(25-27-39)47-33-48-45-18-8-10-21-51(45)55-52(48)46-19-6-5-16-42(46)47/h3-33H,1-2H3. The molecule has 0 aliphatic heterocycles. The number of hydrogen-bond donors (Lipinski definition) is 0. The van der Waals surface area contributed by atoms with Gasteiger partial charge in [0.25, 0.3) is 0 Å². The van der Waals surface area contributed by atoms with Crippen molar-refractivity contribution >= 4 is 60.5 Å². The van der Waals surface area contributed by atoms with E-state index in [1.807, 2.05) is 6.07 Å². The van der Waals surface area contributed by atoms with Crippen LogP contribution in [-0.2, 0) is 5.41 Å². The fraction of sp³-hybridized carbons (Fsp3) is 0.0566. The van der Waals surface area contributed by atoms with Crippen LogP contribution in [0.5, 0.6) is 0 Å². The second-order valence-electron chi connectivity index (χ2n) is 15.3. The van der Waals surface area contributed by atoms with Crippen LogP contribution in [0.15, 0.2) is 192 Å². The lowest BCUT2D eigenvalue weighted by molar-refractivity contribution is 0.660. The summed E-state index contributed by atoms with van der Waals surface area (Å²) in [4.78, 5) is 2.42. The maximum Gasteiger partial charge on any atom is 0.143 e. The molecule has 260 valence electrons. The Kier molecular flexibility index (Phi) is 6.93. The minimum absolute atomic E-state index is 0.110. The normalized spacial score (nSPS) is 13.1. The lowest BCUT2D eigenvalue weighted by atomic mass is 9.82. The maximum atomic E-state index is 6.43. The van der Waals surface area contributed by atoms with Crippen LogP contribution in [0.2, 0.25) is 0 Å². The van der Waals surface area contributed by atoms with Gasteiger partial charge in [0.15, 0.2) is 0 Å². The highest BCUT2D eigenvalue weighted by atomic mass is 16.3. The van der Waals surface area contributed by atoms with Crippen molar-refractivity contribution in [1.29, 1.82) is 0 Å². The maximum absolute atomic E-state index is 6.43. The van der Waals surface area contributed by atoms with E-state index in [-0.39, 0.29) is 5.41 Å². The highest BCUT2D eigenvalue weighted by Gasteiger charge is 2.35. The summed E-state index contributed by atoms with van der Waals surface area (Å²) in [5, 5.41) is 7.08. The van der Waals surface area contributed by atoms with Crippen LogP contribution in [0.4, 0.5) is 17.1 Å². The van der Waals surface area contributed by atoms with E-state index in [1.54, 1.807) is 0 Å². The number of anilines is 3. The third-order valence-electron chi connectivity index (χ3n) is 11.8. The molecular formula is C53H37NO. The molecule has 0 spiro atoms. The van der Waals surface area contributed by atoms with E-state index in [0.717, 1.165) is 44.4 Å². The molecule has 1 aromatic heterocycles. The SMILES string of the molecule is CC1(C)c2ccccc2-c2ccc(N(c3ccc(-c4cc5c6ccccc6oc5c5ccccc45)cc3)c3cccc(-c4ccc5ccccc5c4)c3)cc21. The van der Waals surface area contributed by atoms with Crippen molar-refractivity contribution < 1.29 is 4.42 Å². The molecule has 0 radical (unpaired) electrons. The van der Waals surface area contributed by atoms with Gasteiger partial charge in [0.2, 0.25) is 0 Å². The average molecular weight is 704 g/mol. The van der Waals surface area contributed by atoms with Crippen LogP contribution < -0.4 is 4.90 Å². The summed E-state index contributed by atoms with van der Waals surface area (Å²) in [6, 6.07) is 68.5. The molecule has 2 heteroatoms. The number of hydrogen-bond acceptors (Lipinski definition) is 2. The molecule has 0 unspecified atom stereocenters. The number of para-hydroxylation sites is 1. The Balaban J connectivity index is 1.07. The molecule has 11 rings (SSSR count). The van der Waals surface area contributed by atoms with Gasteiger partial charge in [-0.2, -0.15) is 0 Å². The highest BCUT2D eigenvalue weighted by molar-refractivity contribution is 6.19. The molecule has 0 amide bonds. The van der Waals surface area contributed by atoms with Gasteiger partial charge in [-0.3, -0.25) is 0 Å². The summed E-state index contributed by atoms with van der Waals surface area (Å²) < 4.78 is 6.43. The van der Waals surface area contributed by atoms with Gasteiger partial charge in [0, 0.05) is 38.6 Å². The quantitative estimate of drug-likeness (QED) is 0.177. The molecule has 0 atom stereocenters. The minimum Gasteiger partial charge on any atom is -0.455 e. The van der Waals surface area contributed by atoms with Crippen LogP contribution >= 0.6 is 0 Å². The summed E-state index contributed by atoms with van der Waals surface area (Å²) >= 11 is 0. The minimum atomic E-state index is -0.110. The summed E-state index contributed by atoms with van der Waals surface area (Å²) in [6.07, 6.45) is 0. The molecular weight excluding hydrogens is 667 g/mol. The molecule has 9 aromatic carbocycles. The van der Waals surface area contributed by atoms with Crippen LogP contribution in [0.1, 0.15) is 25.0 Å². The zero-order valence-electron chi connectivity index (χ0n) is 30.8. The van der Waals surface area contributed by atoms with Gasteiger partial charge in [-0.25, -0.2) is 0 Å². The van der Waals surface area contributed by atoms with Crippen LogP contribution in [0.3, 0.4) is 0 Å². The van der Waals surface area contributed by atoms with E-state index in [1.165, 1.54) is 60.7 Å². The predicted molar refractivity (Wildman–Crippen MR) is 232 cm³/mol. The van der Waals surface area contributed by atoms with E-state index in [0.29, 0.717) is 0 Å². The number of rotatable bonds is 5. The van der Waals surface area contributed by atoms with Crippen molar-refractivity contribution in [3.63, 3.8) is 0 Å². The van der Waals surface area contributed by atoms with Gasteiger partial charge in [0.05, 0.1) is 0 Å². The lowest BCUT2D eigenvalue weighted by Gasteiger charge is -2.28. The summed E-state index contributed by atoms with van der Waals surface area (Å²) in [7, 11) is 0. The Morgan fingerprint density at radius 1 is 0.382 bits per heavy atom. The first-order valence-corrected chi connectivity index (χ1v) is 19.1. The smallest absolute Gasteiger partial charge is 0.143 e. The van der Waals surface area contributed by atoms with Crippen molar-refractivity contribution in [2.45, 2.75) is 19.3 Å². The first-order chi connectivity index (χ1) is 27.0. The highest BCUT2D eigenvalue weighted by Crippen LogP contribution is 2.51. The fourth-order valence-corrected chi connectivity index (χ4v) is 9.05. The number of benzene rings is 9. The second kappa shape index (κ2) is 12.1. The Morgan fingerprint density at radius 3 is 1.91 bits per heavy atom. The van der Waals surface area contributed by atoms with Crippen molar-refractivity contribution in [3.8, 4) is 33.4 Å². The molecule has 1 heterocycles. The van der Waals surface area contributed by atoms with E-state index in [2.05, 4.69) is 201 Å².